The van der Waals surface area contributed by atoms with Crippen molar-refractivity contribution in [2.75, 3.05) is 26.2 Å². The molecule has 3 fully saturated rings. The molecule has 8 nitrogen and oxygen atoms in total. The number of carbonyl (C=O) groups is 2. The molecule has 1 amide bonds. The predicted molar refractivity (Wildman–Crippen MR) is 104 cm³/mol. The molecule has 0 aromatic heterocycles. The van der Waals surface area contributed by atoms with E-state index in [0.717, 1.165) is 43.9 Å². The van der Waals surface area contributed by atoms with Crippen molar-refractivity contribution in [1.82, 2.24) is 15.1 Å². The number of aliphatic hydroxyl groups excluding tert-OH is 2. The molecule has 4 heterocycles. The number of rotatable bonds is 6. The second kappa shape index (κ2) is 7.60. The Morgan fingerprint density at radius 3 is 2.79 bits per heavy atom. The molecule has 0 aliphatic carbocycles. The largest absolute Gasteiger partial charge is 0.477 e. The summed E-state index contributed by atoms with van der Waals surface area (Å²) < 4.78 is 0. The van der Waals surface area contributed by atoms with Gasteiger partial charge in [-0.3, -0.25) is 9.69 Å². The minimum absolute atomic E-state index is 0.0822. The summed E-state index contributed by atoms with van der Waals surface area (Å²) in [6, 6.07) is 0.0783. The maximum Gasteiger partial charge on any atom is 0.353 e. The Balaban J connectivity index is 1.42. The quantitative estimate of drug-likeness (QED) is 0.440. The van der Waals surface area contributed by atoms with Crippen LogP contribution in [0.2, 0.25) is 0 Å². The first-order valence-electron chi connectivity index (χ1n) is 10.1. The third-order valence-corrected chi connectivity index (χ3v) is 8.02. The lowest BCUT2D eigenvalue weighted by Gasteiger charge is -2.46. The number of carboxylic acid groups (broad SMARTS) is 1. The van der Waals surface area contributed by atoms with Crippen molar-refractivity contribution in [3.05, 3.63) is 10.6 Å². The molecule has 0 bridgehead atoms. The van der Waals surface area contributed by atoms with E-state index in [0.29, 0.717) is 6.04 Å². The molecule has 4 rings (SSSR count). The maximum atomic E-state index is 12.4. The van der Waals surface area contributed by atoms with Crippen molar-refractivity contribution in [2.45, 2.75) is 56.2 Å². The molecule has 0 aromatic rings. The van der Waals surface area contributed by atoms with Crippen LogP contribution < -0.4 is 5.32 Å². The zero-order chi connectivity index (χ0) is 20.2. The van der Waals surface area contributed by atoms with Gasteiger partial charge in [0.25, 0.3) is 0 Å². The zero-order valence-electron chi connectivity index (χ0n) is 16.2. The minimum atomic E-state index is -1.07. The zero-order valence-corrected chi connectivity index (χ0v) is 17.1. The Hall–Kier alpha value is -1.13. The van der Waals surface area contributed by atoms with Gasteiger partial charge in [-0.05, 0) is 19.8 Å². The van der Waals surface area contributed by atoms with Crippen LogP contribution in [0.4, 0.5) is 0 Å². The average Bonchev–Trinajstić information content (AvgIpc) is 3.28. The van der Waals surface area contributed by atoms with Gasteiger partial charge in [-0.15, -0.1) is 11.8 Å². The van der Waals surface area contributed by atoms with Gasteiger partial charge in [-0.25, -0.2) is 4.79 Å². The van der Waals surface area contributed by atoms with Gasteiger partial charge in [0, 0.05) is 48.3 Å². The Morgan fingerprint density at radius 2 is 2.18 bits per heavy atom. The number of aliphatic carboxylic acids is 1. The Kier molecular flexibility index (Phi) is 5.47. The molecule has 7 atom stereocenters. The summed E-state index contributed by atoms with van der Waals surface area (Å²) in [4.78, 5) is 28.7. The number of amides is 1. The highest BCUT2D eigenvalue weighted by Crippen LogP contribution is 2.51. The van der Waals surface area contributed by atoms with E-state index in [1.807, 2.05) is 6.92 Å². The molecule has 3 saturated heterocycles. The molecule has 4 N–H and O–H groups in total. The Morgan fingerprint density at radius 1 is 1.43 bits per heavy atom. The monoisotopic (exact) mass is 411 g/mol. The average molecular weight is 412 g/mol. The lowest BCUT2D eigenvalue weighted by Crippen LogP contribution is -2.63. The standard InChI is InChI=1S/C19H29N3O5S/c1-9-15-14(10(2)23)18(25)22(15)16(19(26)27)17(9)28-13-5-11(20-6-13)7-21-4-3-12(24)8-21/h9-15,20,23-24H,3-8H2,1-2H3,(H,26,27)/t9-,10-,11?,12?,13+,14?,15?/m1/s1. The van der Waals surface area contributed by atoms with Gasteiger partial charge in [-0.1, -0.05) is 6.92 Å². The summed E-state index contributed by atoms with van der Waals surface area (Å²) in [5.74, 6) is -1.95. The highest BCUT2D eigenvalue weighted by atomic mass is 32.2. The Labute approximate surface area is 168 Å². The molecule has 0 aromatic carbocycles. The molecular weight excluding hydrogens is 382 g/mol. The van der Waals surface area contributed by atoms with E-state index >= 15 is 0 Å². The first-order chi connectivity index (χ1) is 13.3. The van der Waals surface area contributed by atoms with E-state index in [1.54, 1.807) is 18.7 Å². The van der Waals surface area contributed by atoms with E-state index in [1.165, 1.54) is 4.90 Å². The van der Waals surface area contributed by atoms with Crippen molar-refractivity contribution in [3.63, 3.8) is 0 Å². The second-order valence-electron chi connectivity index (χ2n) is 8.55. The molecule has 28 heavy (non-hydrogen) atoms. The summed E-state index contributed by atoms with van der Waals surface area (Å²) in [5, 5.41) is 33.1. The Bertz CT molecular complexity index is 699. The number of β-amino-alcohol motifs (C(OH)–C–C–N with tert-alkyl or cyclic N) is 1. The third-order valence-electron chi connectivity index (χ3n) is 6.51. The van der Waals surface area contributed by atoms with Gasteiger partial charge in [-0.2, -0.15) is 0 Å². The summed E-state index contributed by atoms with van der Waals surface area (Å²) in [6.45, 7) is 6.89. The van der Waals surface area contributed by atoms with Crippen molar-refractivity contribution in [2.24, 2.45) is 11.8 Å². The fourth-order valence-corrected chi connectivity index (χ4v) is 6.68. The molecule has 0 saturated carbocycles. The van der Waals surface area contributed by atoms with Crippen molar-refractivity contribution in [1.29, 1.82) is 0 Å². The number of aliphatic hydroxyl groups is 2. The molecule has 0 spiro atoms. The van der Waals surface area contributed by atoms with E-state index in [-0.39, 0.29) is 34.9 Å². The number of fused-ring (bicyclic) bond motifs is 1. The number of carboxylic acids is 1. The fourth-order valence-electron chi connectivity index (χ4n) is 5.16. The molecule has 4 aliphatic rings. The van der Waals surface area contributed by atoms with Crippen LogP contribution in [0.25, 0.3) is 0 Å². The lowest BCUT2D eigenvalue weighted by atomic mass is 9.79. The molecule has 4 unspecified atom stereocenters. The number of β-lactam (4-membered cyclic amide) rings is 1. The lowest BCUT2D eigenvalue weighted by molar-refractivity contribution is -0.163. The number of hydrogen-bond acceptors (Lipinski definition) is 7. The van der Waals surface area contributed by atoms with Crippen LogP contribution >= 0.6 is 11.8 Å². The van der Waals surface area contributed by atoms with Gasteiger partial charge < -0.3 is 25.5 Å². The van der Waals surface area contributed by atoms with Crippen molar-refractivity contribution in [3.8, 4) is 0 Å². The normalized spacial score (nSPS) is 39.4. The number of nitrogens with zero attached hydrogens (tertiary/aromatic N) is 2. The summed E-state index contributed by atoms with van der Waals surface area (Å²) in [5.41, 5.74) is 0.107. The van der Waals surface area contributed by atoms with Gasteiger partial charge in [0.2, 0.25) is 5.91 Å². The smallest absolute Gasteiger partial charge is 0.353 e. The van der Waals surface area contributed by atoms with E-state index in [9.17, 15) is 24.9 Å². The van der Waals surface area contributed by atoms with Crippen LogP contribution in [0.3, 0.4) is 0 Å². The van der Waals surface area contributed by atoms with Crippen LogP contribution in [-0.2, 0) is 9.59 Å². The van der Waals surface area contributed by atoms with Gasteiger partial charge in [0.15, 0.2) is 0 Å². The minimum Gasteiger partial charge on any atom is -0.477 e. The number of nitrogens with one attached hydrogen (secondary N) is 1. The summed E-state index contributed by atoms with van der Waals surface area (Å²) in [6.07, 6.45) is 0.758. The SMILES string of the molecule is C[C@@H](O)C1C(=O)N2C(C(=O)O)=C(S[C@@H]3CNC(CN4CCC(O)C4)C3)[C@H](C)C12. The number of carbonyl (C=O) groups excluding carboxylic acids is 1. The first kappa shape index (κ1) is 20.2. The van der Waals surface area contributed by atoms with Gasteiger partial charge >= 0.3 is 5.97 Å². The van der Waals surface area contributed by atoms with E-state index in [2.05, 4.69) is 10.2 Å². The van der Waals surface area contributed by atoms with E-state index in [4.69, 9.17) is 0 Å². The van der Waals surface area contributed by atoms with Gasteiger partial charge in [0.05, 0.1) is 24.2 Å². The first-order valence-corrected chi connectivity index (χ1v) is 10.9. The van der Waals surface area contributed by atoms with Gasteiger partial charge in [0.1, 0.15) is 5.70 Å². The molecule has 156 valence electrons. The topological polar surface area (TPSA) is 113 Å². The number of hydrogen-bond donors (Lipinski definition) is 4. The highest BCUT2D eigenvalue weighted by Gasteiger charge is 2.60. The van der Waals surface area contributed by atoms with Crippen LogP contribution in [0, 0.1) is 11.8 Å². The fraction of sp³-hybridized carbons (Fsp3) is 0.789. The van der Waals surface area contributed by atoms with Crippen LogP contribution in [-0.4, -0.2) is 92.7 Å². The highest BCUT2D eigenvalue weighted by molar-refractivity contribution is 8.03. The molecule has 0 radical (unpaired) electrons. The number of thioether (sulfide) groups is 1. The molecule has 9 heteroatoms. The van der Waals surface area contributed by atoms with Crippen LogP contribution in [0.5, 0.6) is 0 Å². The van der Waals surface area contributed by atoms with Crippen LogP contribution in [0.15, 0.2) is 10.6 Å². The summed E-state index contributed by atoms with van der Waals surface area (Å²) in [7, 11) is 0. The summed E-state index contributed by atoms with van der Waals surface area (Å²) >= 11 is 1.58. The maximum absolute atomic E-state index is 12.4. The predicted octanol–water partition coefficient (Wildman–Crippen LogP) is -0.330. The van der Waals surface area contributed by atoms with E-state index < -0.39 is 18.0 Å². The number of likely N-dealkylation sites (tertiary alicyclic amines) is 1. The van der Waals surface area contributed by atoms with Crippen LogP contribution in [0.1, 0.15) is 26.7 Å². The second-order valence-corrected chi connectivity index (χ2v) is 9.90. The molecule has 4 aliphatic heterocycles. The third kappa shape index (κ3) is 3.37. The van der Waals surface area contributed by atoms with Crippen molar-refractivity contribution >= 4 is 23.6 Å². The molecular formula is C19H29N3O5S. The van der Waals surface area contributed by atoms with Crippen molar-refractivity contribution < 1.29 is 24.9 Å².